The SMILES string of the molecule is O=C1NCCN(Cc2cccc(F)c2)C1CC(=O)N1CCCOCC1. The largest absolute Gasteiger partial charge is 0.380 e. The number of piperazine rings is 1. The van der Waals surface area contributed by atoms with E-state index in [1.807, 2.05) is 11.0 Å². The number of nitrogens with zero attached hydrogens (tertiary/aromatic N) is 2. The fourth-order valence-corrected chi connectivity index (χ4v) is 3.33. The smallest absolute Gasteiger partial charge is 0.237 e. The van der Waals surface area contributed by atoms with E-state index >= 15 is 0 Å². The van der Waals surface area contributed by atoms with Gasteiger partial charge in [-0.15, -0.1) is 0 Å². The van der Waals surface area contributed by atoms with Gasteiger partial charge in [-0.05, 0) is 24.1 Å². The molecule has 1 aromatic rings. The fraction of sp³-hybridized carbons (Fsp3) is 0.556. The molecule has 7 heteroatoms. The summed E-state index contributed by atoms with van der Waals surface area (Å²) in [6.07, 6.45) is 0.955. The van der Waals surface area contributed by atoms with Crippen molar-refractivity contribution >= 4 is 11.8 Å². The summed E-state index contributed by atoms with van der Waals surface area (Å²) in [6, 6.07) is 5.84. The summed E-state index contributed by atoms with van der Waals surface area (Å²) >= 11 is 0. The van der Waals surface area contributed by atoms with E-state index in [4.69, 9.17) is 4.74 Å². The third-order valence-electron chi connectivity index (χ3n) is 4.66. The molecule has 0 aromatic heterocycles. The summed E-state index contributed by atoms with van der Waals surface area (Å²) in [5, 5.41) is 2.83. The van der Waals surface area contributed by atoms with Crippen LogP contribution in [0.25, 0.3) is 0 Å². The number of amides is 2. The van der Waals surface area contributed by atoms with Crippen molar-refractivity contribution in [1.29, 1.82) is 0 Å². The van der Waals surface area contributed by atoms with Crippen LogP contribution in [0.3, 0.4) is 0 Å². The first-order valence-electron chi connectivity index (χ1n) is 8.75. The topological polar surface area (TPSA) is 61.9 Å². The van der Waals surface area contributed by atoms with Gasteiger partial charge in [0.1, 0.15) is 5.82 Å². The monoisotopic (exact) mass is 349 g/mol. The summed E-state index contributed by atoms with van der Waals surface area (Å²) < 4.78 is 18.8. The Balaban J connectivity index is 1.67. The number of ether oxygens (including phenoxy) is 1. The molecule has 2 aliphatic heterocycles. The summed E-state index contributed by atoms with van der Waals surface area (Å²) in [5.74, 6) is -0.463. The zero-order valence-corrected chi connectivity index (χ0v) is 14.2. The maximum atomic E-state index is 13.4. The van der Waals surface area contributed by atoms with Crippen LogP contribution in [0, 0.1) is 5.82 Å². The Kier molecular flexibility index (Phi) is 5.99. The molecule has 1 aromatic carbocycles. The molecule has 0 bridgehead atoms. The highest BCUT2D eigenvalue weighted by molar-refractivity contribution is 5.88. The Morgan fingerprint density at radius 2 is 2.16 bits per heavy atom. The van der Waals surface area contributed by atoms with Crippen molar-refractivity contribution in [3.05, 3.63) is 35.6 Å². The Morgan fingerprint density at radius 1 is 1.28 bits per heavy atom. The Morgan fingerprint density at radius 3 is 3.00 bits per heavy atom. The highest BCUT2D eigenvalue weighted by Crippen LogP contribution is 2.16. The molecule has 2 amide bonds. The Bertz CT molecular complexity index is 617. The first kappa shape index (κ1) is 17.8. The molecule has 6 nitrogen and oxygen atoms in total. The van der Waals surface area contributed by atoms with Gasteiger partial charge < -0.3 is 15.0 Å². The van der Waals surface area contributed by atoms with E-state index in [0.717, 1.165) is 12.0 Å². The standard InChI is InChI=1S/C18H24FN3O3/c19-15-4-1-3-14(11-15)13-22-7-5-20-18(24)16(22)12-17(23)21-6-2-9-25-10-8-21/h1,3-4,11,16H,2,5-10,12-13H2,(H,20,24). The van der Waals surface area contributed by atoms with Gasteiger partial charge >= 0.3 is 0 Å². The van der Waals surface area contributed by atoms with Crippen LogP contribution in [0.2, 0.25) is 0 Å². The van der Waals surface area contributed by atoms with Gasteiger partial charge in [-0.2, -0.15) is 0 Å². The van der Waals surface area contributed by atoms with Crippen LogP contribution < -0.4 is 5.32 Å². The van der Waals surface area contributed by atoms with Crippen LogP contribution in [0.15, 0.2) is 24.3 Å². The Labute approximate surface area is 146 Å². The number of hydrogen-bond donors (Lipinski definition) is 1. The van der Waals surface area contributed by atoms with Crippen LogP contribution in [0.4, 0.5) is 4.39 Å². The maximum absolute atomic E-state index is 13.4. The molecule has 0 radical (unpaired) electrons. The van der Waals surface area contributed by atoms with Gasteiger partial charge in [-0.25, -0.2) is 4.39 Å². The first-order chi connectivity index (χ1) is 12.1. The van der Waals surface area contributed by atoms with Crippen LogP contribution >= 0.6 is 0 Å². The highest BCUT2D eigenvalue weighted by atomic mass is 19.1. The fourth-order valence-electron chi connectivity index (χ4n) is 3.33. The van der Waals surface area contributed by atoms with Gasteiger partial charge in [0.25, 0.3) is 0 Å². The van der Waals surface area contributed by atoms with E-state index < -0.39 is 6.04 Å². The molecule has 25 heavy (non-hydrogen) atoms. The molecule has 0 spiro atoms. The normalized spacial score (nSPS) is 22.4. The molecule has 0 saturated carbocycles. The number of rotatable bonds is 4. The lowest BCUT2D eigenvalue weighted by Crippen LogP contribution is -2.56. The van der Waals surface area contributed by atoms with Crippen molar-refractivity contribution in [2.45, 2.75) is 25.4 Å². The van der Waals surface area contributed by atoms with E-state index in [1.165, 1.54) is 12.1 Å². The predicted molar refractivity (Wildman–Crippen MR) is 90.2 cm³/mol. The molecule has 2 fully saturated rings. The molecule has 2 saturated heterocycles. The van der Waals surface area contributed by atoms with Crippen LogP contribution in [-0.4, -0.2) is 67.0 Å². The van der Waals surface area contributed by atoms with E-state index in [1.54, 1.807) is 11.0 Å². The number of hydrogen-bond acceptors (Lipinski definition) is 4. The highest BCUT2D eigenvalue weighted by Gasteiger charge is 2.33. The van der Waals surface area contributed by atoms with Gasteiger partial charge in [0.15, 0.2) is 0 Å². The Hall–Kier alpha value is -1.99. The lowest BCUT2D eigenvalue weighted by Gasteiger charge is -2.35. The average molecular weight is 349 g/mol. The minimum absolute atomic E-state index is 0.0307. The van der Waals surface area contributed by atoms with Crippen molar-refractivity contribution in [3.8, 4) is 0 Å². The summed E-state index contributed by atoms with van der Waals surface area (Å²) in [7, 11) is 0. The number of halogens is 1. The van der Waals surface area contributed by atoms with Gasteiger partial charge in [-0.1, -0.05) is 12.1 Å². The zero-order valence-electron chi connectivity index (χ0n) is 14.2. The second kappa shape index (κ2) is 8.40. The lowest BCUT2D eigenvalue weighted by molar-refractivity contribution is -0.139. The molecule has 1 unspecified atom stereocenters. The molecular formula is C18H24FN3O3. The predicted octanol–water partition coefficient (Wildman–Crippen LogP) is 0.765. The van der Waals surface area contributed by atoms with Gasteiger partial charge in [0.05, 0.1) is 19.1 Å². The molecule has 1 atom stereocenters. The molecule has 136 valence electrons. The minimum atomic E-state index is -0.520. The molecule has 2 heterocycles. The molecular weight excluding hydrogens is 325 g/mol. The van der Waals surface area contributed by atoms with Crippen molar-refractivity contribution < 1.29 is 18.7 Å². The van der Waals surface area contributed by atoms with E-state index in [9.17, 15) is 14.0 Å². The first-order valence-corrected chi connectivity index (χ1v) is 8.75. The van der Waals surface area contributed by atoms with Crippen molar-refractivity contribution in [3.63, 3.8) is 0 Å². The average Bonchev–Trinajstić information content (AvgIpc) is 2.87. The van der Waals surface area contributed by atoms with Crippen molar-refractivity contribution in [2.75, 3.05) is 39.4 Å². The second-order valence-corrected chi connectivity index (χ2v) is 6.46. The number of carbonyl (C=O) groups is 2. The van der Waals surface area contributed by atoms with Crippen molar-refractivity contribution in [1.82, 2.24) is 15.1 Å². The number of carbonyl (C=O) groups excluding carboxylic acids is 2. The number of nitrogens with one attached hydrogen (secondary N) is 1. The minimum Gasteiger partial charge on any atom is -0.380 e. The summed E-state index contributed by atoms with van der Waals surface area (Å²) in [5.41, 5.74) is 0.801. The lowest BCUT2D eigenvalue weighted by atomic mass is 10.1. The van der Waals surface area contributed by atoms with E-state index in [-0.39, 0.29) is 24.1 Å². The van der Waals surface area contributed by atoms with E-state index in [0.29, 0.717) is 45.9 Å². The van der Waals surface area contributed by atoms with E-state index in [2.05, 4.69) is 5.32 Å². The van der Waals surface area contributed by atoms with Crippen LogP contribution in [-0.2, 0) is 20.9 Å². The van der Waals surface area contributed by atoms with Crippen molar-refractivity contribution in [2.24, 2.45) is 0 Å². The summed E-state index contributed by atoms with van der Waals surface area (Å²) in [6.45, 7) is 4.06. The quantitative estimate of drug-likeness (QED) is 0.872. The van der Waals surface area contributed by atoms with Gasteiger partial charge in [0, 0.05) is 39.3 Å². The molecule has 3 rings (SSSR count). The molecule has 1 N–H and O–H groups in total. The third-order valence-corrected chi connectivity index (χ3v) is 4.66. The molecule has 0 aliphatic carbocycles. The maximum Gasteiger partial charge on any atom is 0.237 e. The zero-order chi connectivity index (χ0) is 17.6. The second-order valence-electron chi connectivity index (χ2n) is 6.46. The summed E-state index contributed by atoms with van der Waals surface area (Å²) in [4.78, 5) is 28.7. The number of benzene rings is 1. The van der Waals surface area contributed by atoms with Gasteiger partial charge in [-0.3, -0.25) is 14.5 Å². The van der Waals surface area contributed by atoms with Crippen LogP contribution in [0.5, 0.6) is 0 Å². The van der Waals surface area contributed by atoms with Crippen LogP contribution in [0.1, 0.15) is 18.4 Å². The molecule has 2 aliphatic rings. The van der Waals surface area contributed by atoms with Gasteiger partial charge in [0.2, 0.25) is 11.8 Å². The third kappa shape index (κ3) is 4.76.